The minimum Gasteiger partial charge on any atom is -0.507 e. The van der Waals surface area contributed by atoms with Crippen molar-refractivity contribution in [3.8, 4) is 10.8 Å². The topological polar surface area (TPSA) is 95.7 Å². The molecule has 3 aromatic carbocycles. The Labute approximate surface area is 242 Å². The van der Waals surface area contributed by atoms with Crippen molar-refractivity contribution in [1.82, 2.24) is 9.99 Å². The molecule has 0 saturated carbocycles. The van der Waals surface area contributed by atoms with Gasteiger partial charge in [0, 0.05) is 27.5 Å². The zero-order valence-electron chi connectivity index (χ0n) is 22.9. The van der Waals surface area contributed by atoms with E-state index in [1.807, 2.05) is 74.5 Å². The average Bonchev–Trinajstić information content (AvgIpc) is 3.48. The first-order valence-corrected chi connectivity index (χ1v) is 14.5. The molecule has 0 bridgehead atoms. The van der Waals surface area contributed by atoms with Gasteiger partial charge in [0.25, 0.3) is 11.8 Å². The number of carbonyl (C=O) groups excluding carboxylic acids is 2. The van der Waals surface area contributed by atoms with E-state index in [2.05, 4.69) is 20.4 Å². The van der Waals surface area contributed by atoms with Gasteiger partial charge < -0.3 is 15.0 Å². The summed E-state index contributed by atoms with van der Waals surface area (Å²) in [4.78, 5) is 27.7. The van der Waals surface area contributed by atoms with Gasteiger partial charge in [0.1, 0.15) is 10.8 Å². The minimum absolute atomic E-state index is 0.0995. The van der Waals surface area contributed by atoms with Gasteiger partial charge in [-0.3, -0.25) is 9.59 Å². The highest BCUT2D eigenvalue weighted by Gasteiger charge is 2.28. The van der Waals surface area contributed by atoms with Crippen molar-refractivity contribution >= 4 is 45.8 Å². The molecule has 2 heterocycles. The van der Waals surface area contributed by atoms with Crippen LogP contribution in [0.1, 0.15) is 60.9 Å². The van der Waals surface area contributed by atoms with Gasteiger partial charge in [-0.15, -0.1) is 11.3 Å². The Bertz CT molecular complexity index is 1820. The first-order chi connectivity index (χ1) is 19.9. The van der Waals surface area contributed by atoms with Crippen LogP contribution in [-0.4, -0.2) is 27.7 Å². The number of amides is 2. The summed E-state index contributed by atoms with van der Waals surface area (Å²) in [5, 5.41) is 20.3. The molecule has 0 atom stereocenters. The Balaban J connectivity index is 1.29. The number of nitrogens with one attached hydrogen (secondary N) is 2. The normalized spacial score (nSPS) is 12.9. The van der Waals surface area contributed by atoms with Crippen molar-refractivity contribution in [2.24, 2.45) is 5.10 Å². The van der Waals surface area contributed by atoms with E-state index in [4.69, 9.17) is 0 Å². The summed E-state index contributed by atoms with van der Waals surface area (Å²) < 4.78 is 2.11. The Hall–Kier alpha value is -4.69. The number of hydrazone groups is 1. The molecule has 2 aromatic heterocycles. The fourth-order valence-electron chi connectivity index (χ4n) is 5.52. The molecule has 1 aliphatic rings. The highest BCUT2D eigenvalue weighted by molar-refractivity contribution is 7.15. The Morgan fingerprint density at radius 2 is 1.63 bits per heavy atom. The predicted molar refractivity (Wildman–Crippen MR) is 165 cm³/mol. The first kappa shape index (κ1) is 26.5. The standard InChI is InChI=1S/C33H30N4O3S/c1-20-16-24(19-34-36-31(39)27-17-22-10-6-7-11-23(22)18-28(27)38)21(2)37(20)33-30(26-14-8-9-15-29(26)41-33)32(40)35-25-12-4-3-5-13-25/h3-7,10-13,16-19,38H,8-9,14-15H2,1-2H3,(H,35,40)(H,36,39). The lowest BCUT2D eigenvalue weighted by molar-refractivity contribution is 0.0951. The molecule has 41 heavy (non-hydrogen) atoms. The highest BCUT2D eigenvalue weighted by atomic mass is 32.1. The van der Waals surface area contributed by atoms with Crippen LogP contribution in [0.25, 0.3) is 15.8 Å². The van der Waals surface area contributed by atoms with E-state index in [1.165, 1.54) is 4.88 Å². The number of anilines is 1. The second-order valence-corrected chi connectivity index (χ2v) is 11.4. The number of nitrogens with zero attached hydrogens (tertiary/aromatic N) is 2. The molecule has 1 aliphatic carbocycles. The molecule has 0 aliphatic heterocycles. The second-order valence-electron chi connectivity index (χ2n) is 10.3. The van der Waals surface area contributed by atoms with Gasteiger partial charge in [-0.25, -0.2) is 5.43 Å². The van der Waals surface area contributed by atoms with Gasteiger partial charge >= 0.3 is 0 Å². The molecule has 0 unspecified atom stereocenters. The smallest absolute Gasteiger partial charge is 0.275 e. The average molecular weight is 563 g/mol. The molecule has 0 fully saturated rings. The molecule has 0 radical (unpaired) electrons. The third kappa shape index (κ3) is 5.14. The number of rotatable bonds is 6. The fourth-order valence-corrected chi connectivity index (χ4v) is 7.02. The number of aromatic hydroxyl groups is 1. The number of phenolic OH excluding ortho intramolecular Hbond substituents is 1. The van der Waals surface area contributed by atoms with Crippen LogP contribution in [-0.2, 0) is 12.8 Å². The molecule has 0 spiro atoms. The van der Waals surface area contributed by atoms with E-state index in [-0.39, 0.29) is 17.2 Å². The maximum absolute atomic E-state index is 13.6. The van der Waals surface area contributed by atoms with E-state index < -0.39 is 5.91 Å². The van der Waals surface area contributed by atoms with E-state index in [0.29, 0.717) is 0 Å². The van der Waals surface area contributed by atoms with Crippen molar-refractivity contribution in [3.63, 3.8) is 0 Å². The Morgan fingerprint density at radius 1 is 0.927 bits per heavy atom. The fraction of sp³-hybridized carbons (Fsp3) is 0.182. The number of hydrogen-bond donors (Lipinski definition) is 3. The summed E-state index contributed by atoms with van der Waals surface area (Å²) in [6.07, 6.45) is 5.67. The maximum atomic E-state index is 13.6. The van der Waals surface area contributed by atoms with Crippen molar-refractivity contribution in [2.45, 2.75) is 39.5 Å². The number of phenols is 1. The van der Waals surface area contributed by atoms with E-state index in [9.17, 15) is 14.7 Å². The van der Waals surface area contributed by atoms with E-state index in [0.717, 1.165) is 75.2 Å². The number of benzene rings is 3. The largest absolute Gasteiger partial charge is 0.507 e. The van der Waals surface area contributed by atoms with E-state index >= 15 is 0 Å². The van der Waals surface area contributed by atoms with Crippen molar-refractivity contribution in [2.75, 3.05) is 5.32 Å². The molecule has 8 heteroatoms. The Morgan fingerprint density at radius 3 is 2.41 bits per heavy atom. The highest BCUT2D eigenvalue weighted by Crippen LogP contribution is 2.39. The quantitative estimate of drug-likeness (QED) is 0.155. The lowest BCUT2D eigenvalue weighted by Gasteiger charge is -2.14. The number of fused-ring (bicyclic) bond motifs is 2. The van der Waals surface area contributed by atoms with Gasteiger partial charge in [-0.1, -0.05) is 42.5 Å². The zero-order valence-corrected chi connectivity index (χ0v) is 23.7. The third-order valence-electron chi connectivity index (χ3n) is 7.56. The molecule has 6 rings (SSSR count). The lowest BCUT2D eigenvalue weighted by atomic mass is 9.95. The van der Waals surface area contributed by atoms with Crippen LogP contribution in [0.5, 0.6) is 5.75 Å². The molecule has 3 N–H and O–H groups in total. The predicted octanol–water partition coefficient (Wildman–Crippen LogP) is 6.91. The summed E-state index contributed by atoms with van der Waals surface area (Å²) in [6, 6.07) is 22.3. The SMILES string of the molecule is Cc1cc(C=NNC(=O)c2cc3ccccc3cc2O)c(C)n1-c1sc2c(c1C(=O)Nc1ccccc1)CCCC2. The molecule has 5 aromatic rings. The van der Waals surface area contributed by atoms with Gasteiger partial charge in [-0.2, -0.15) is 5.10 Å². The van der Waals surface area contributed by atoms with Gasteiger partial charge in [0.2, 0.25) is 0 Å². The summed E-state index contributed by atoms with van der Waals surface area (Å²) in [6.45, 7) is 4.00. The zero-order chi connectivity index (χ0) is 28.5. The molecule has 7 nitrogen and oxygen atoms in total. The van der Waals surface area contributed by atoms with Crippen molar-refractivity contribution in [1.29, 1.82) is 0 Å². The van der Waals surface area contributed by atoms with Gasteiger partial charge in [-0.05, 0) is 86.2 Å². The number of thiophene rings is 1. The van der Waals surface area contributed by atoms with Crippen LogP contribution < -0.4 is 10.7 Å². The first-order valence-electron chi connectivity index (χ1n) is 13.7. The Kier molecular flexibility index (Phi) is 7.15. The van der Waals surface area contributed by atoms with Crippen LogP contribution in [0.4, 0.5) is 5.69 Å². The van der Waals surface area contributed by atoms with Gasteiger partial charge in [0.05, 0.1) is 17.3 Å². The third-order valence-corrected chi connectivity index (χ3v) is 8.84. The number of hydrogen-bond acceptors (Lipinski definition) is 5. The number of carbonyl (C=O) groups is 2. The minimum atomic E-state index is -0.496. The number of aromatic nitrogens is 1. The summed E-state index contributed by atoms with van der Waals surface area (Å²) in [7, 11) is 0. The van der Waals surface area contributed by atoms with E-state index in [1.54, 1.807) is 29.7 Å². The molecule has 0 saturated heterocycles. The van der Waals surface area contributed by atoms with Crippen molar-refractivity contribution < 1.29 is 14.7 Å². The molecular formula is C33H30N4O3S. The summed E-state index contributed by atoms with van der Waals surface area (Å²) in [5.74, 6) is -0.697. The van der Waals surface area contributed by atoms with Crippen LogP contribution in [0, 0.1) is 13.8 Å². The number of aryl methyl sites for hydroxylation is 2. The van der Waals surface area contributed by atoms with Crippen LogP contribution >= 0.6 is 11.3 Å². The van der Waals surface area contributed by atoms with Crippen LogP contribution in [0.3, 0.4) is 0 Å². The van der Waals surface area contributed by atoms with Gasteiger partial charge in [0.15, 0.2) is 0 Å². The maximum Gasteiger partial charge on any atom is 0.275 e. The summed E-state index contributed by atoms with van der Waals surface area (Å²) in [5.41, 5.74) is 8.06. The number of para-hydroxylation sites is 1. The lowest BCUT2D eigenvalue weighted by Crippen LogP contribution is -2.18. The van der Waals surface area contributed by atoms with Crippen molar-refractivity contribution in [3.05, 3.63) is 111 Å². The summed E-state index contributed by atoms with van der Waals surface area (Å²) >= 11 is 1.68. The second kappa shape index (κ2) is 11.1. The van der Waals surface area contributed by atoms with Crippen LogP contribution in [0.15, 0.2) is 77.9 Å². The molecular weight excluding hydrogens is 532 g/mol. The van der Waals surface area contributed by atoms with Crippen LogP contribution in [0.2, 0.25) is 0 Å². The monoisotopic (exact) mass is 562 g/mol. The molecule has 2 amide bonds. The molecule has 206 valence electrons.